The molecule has 0 aromatic heterocycles. The number of hydrogen-bond donors (Lipinski definition) is 3. The molecule has 0 aliphatic carbocycles. The predicted octanol–water partition coefficient (Wildman–Crippen LogP) is 6.03. The van der Waals surface area contributed by atoms with Crippen molar-refractivity contribution in [3.63, 3.8) is 0 Å². The lowest BCUT2D eigenvalue weighted by atomic mass is 9.92. The van der Waals surface area contributed by atoms with E-state index in [1.54, 1.807) is 0 Å². The van der Waals surface area contributed by atoms with Gasteiger partial charge >= 0.3 is 7.82 Å². The SMILES string of the molecule is CCCCC(CC)COP(=O)(O)O.CCCCC(CCCC)CCCN. The Balaban J connectivity index is 0. The van der Waals surface area contributed by atoms with Crippen LogP contribution in [0.3, 0.4) is 0 Å². The van der Waals surface area contributed by atoms with E-state index in [4.69, 9.17) is 15.5 Å². The molecule has 4 N–H and O–H groups in total. The Morgan fingerprint density at radius 1 is 0.808 bits per heavy atom. The quantitative estimate of drug-likeness (QED) is 0.277. The maximum atomic E-state index is 10.4. The smallest absolute Gasteiger partial charge is 0.330 e. The topological polar surface area (TPSA) is 92.8 Å². The molecule has 0 bridgehead atoms. The number of rotatable bonds is 16. The van der Waals surface area contributed by atoms with Gasteiger partial charge in [-0.2, -0.15) is 0 Å². The van der Waals surface area contributed by atoms with Gasteiger partial charge in [0.2, 0.25) is 0 Å². The van der Waals surface area contributed by atoms with Crippen LogP contribution in [0.4, 0.5) is 0 Å². The Kier molecular flexibility index (Phi) is 21.6. The molecule has 5 nitrogen and oxygen atoms in total. The van der Waals surface area contributed by atoms with Crippen molar-refractivity contribution in [2.75, 3.05) is 13.2 Å². The summed E-state index contributed by atoms with van der Waals surface area (Å²) < 4.78 is 14.8. The third kappa shape index (κ3) is 22.1. The van der Waals surface area contributed by atoms with Gasteiger partial charge in [-0.05, 0) is 37.6 Å². The summed E-state index contributed by atoms with van der Waals surface area (Å²) in [6.07, 6.45) is 15.0. The summed E-state index contributed by atoms with van der Waals surface area (Å²) in [5.41, 5.74) is 5.53. The van der Waals surface area contributed by atoms with E-state index in [0.29, 0.717) is 0 Å². The first-order valence-electron chi connectivity index (χ1n) is 10.7. The van der Waals surface area contributed by atoms with E-state index >= 15 is 0 Å². The summed E-state index contributed by atoms with van der Waals surface area (Å²) in [4.78, 5) is 17.0. The maximum absolute atomic E-state index is 10.4. The van der Waals surface area contributed by atoms with Crippen molar-refractivity contribution >= 4 is 7.82 Å². The minimum absolute atomic E-state index is 0.167. The van der Waals surface area contributed by atoms with Crippen molar-refractivity contribution in [2.24, 2.45) is 17.6 Å². The van der Waals surface area contributed by atoms with Gasteiger partial charge in [0.25, 0.3) is 0 Å². The third-order valence-corrected chi connectivity index (χ3v) is 5.26. The van der Waals surface area contributed by atoms with Gasteiger partial charge in [-0.15, -0.1) is 0 Å². The van der Waals surface area contributed by atoms with Gasteiger partial charge in [-0.1, -0.05) is 85.5 Å². The van der Waals surface area contributed by atoms with Crippen molar-refractivity contribution in [1.29, 1.82) is 0 Å². The molecule has 0 amide bonds. The number of unbranched alkanes of at least 4 members (excludes halogenated alkanes) is 3. The molecule has 0 spiro atoms. The minimum Gasteiger partial charge on any atom is -0.330 e. The highest BCUT2D eigenvalue weighted by molar-refractivity contribution is 7.46. The number of phosphoric ester groups is 1. The van der Waals surface area contributed by atoms with Gasteiger partial charge in [0.1, 0.15) is 0 Å². The van der Waals surface area contributed by atoms with Crippen LogP contribution in [-0.2, 0) is 9.09 Å². The third-order valence-electron chi connectivity index (χ3n) is 4.77. The first kappa shape index (κ1) is 28.3. The maximum Gasteiger partial charge on any atom is 0.469 e. The molecule has 0 heterocycles. The molecule has 0 aliphatic heterocycles. The van der Waals surface area contributed by atoms with E-state index in [0.717, 1.165) is 38.1 Å². The van der Waals surface area contributed by atoms with Crippen LogP contribution in [0, 0.1) is 11.8 Å². The molecule has 26 heavy (non-hydrogen) atoms. The second kappa shape index (κ2) is 19.8. The Morgan fingerprint density at radius 3 is 1.58 bits per heavy atom. The lowest BCUT2D eigenvalue weighted by Crippen LogP contribution is -2.07. The lowest BCUT2D eigenvalue weighted by molar-refractivity contribution is 0.161. The van der Waals surface area contributed by atoms with Gasteiger partial charge in [-0.25, -0.2) is 4.57 Å². The first-order valence-corrected chi connectivity index (χ1v) is 12.3. The van der Waals surface area contributed by atoms with E-state index in [9.17, 15) is 4.57 Å². The summed E-state index contributed by atoms with van der Waals surface area (Å²) in [5.74, 6) is 1.23. The first-order chi connectivity index (χ1) is 12.3. The van der Waals surface area contributed by atoms with E-state index in [2.05, 4.69) is 25.3 Å². The molecule has 1 unspecified atom stereocenters. The van der Waals surface area contributed by atoms with E-state index in [1.807, 2.05) is 6.92 Å². The zero-order chi connectivity index (χ0) is 20.3. The molecule has 0 aliphatic rings. The zero-order valence-corrected chi connectivity index (χ0v) is 18.7. The molecule has 0 fully saturated rings. The summed E-state index contributed by atoms with van der Waals surface area (Å²) in [7, 11) is -4.26. The molecule has 160 valence electrons. The molecular formula is C20H46NO4P. The van der Waals surface area contributed by atoms with E-state index in [-0.39, 0.29) is 12.5 Å². The fraction of sp³-hybridized carbons (Fsp3) is 1.00. The van der Waals surface area contributed by atoms with Crippen LogP contribution < -0.4 is 5.73 Å². The highest BCUT2D eigenvalue weighted by Crippen LogP contribution is 2.36. The van der Waals surface area contributed by atoms with Crippen molar-refractivity contribution < 1.29 is 18.9 Å². The van der Waals surface area contributed by atoms with E-state index < -0.39 is 7.82 Å². The molecule has 0 radical (unpaired) electrons. The highest BCUT2D eigenvalue weighted by atomic mass is 31.2. The van der Waals surface area contributed by atoms with Gasteiger partial charge in [-0.3, -0.25) is 4.52 Å². The van der Waals surface area contributed by atoms with Gasteiger partial charge in [0, 0.05) is 0 Å². The van der Waals surface area contributed by atoms with Crippen LogP contribution in [0.5, 0.6) is 0 Å². The summed E-state index contributed by atoms with van der Waals surface area (Å²) >= 11 is 0. The number of nitrogens with two attached hydrogens (primary N) is 1. The van der Waals surface area contributed by atoms with Gasteiger partial charge < -0.3 is 15.5 Å². The second-order valence-electron chi connectivity index (χ2n) is 7.28. The lowest BCUT2D eigenvalue weighted by Gasteiger charge is -2.15. The Hall–Kier alpha value is 0.0700. The van der Waals surface area contributed by atoms with Crippen LogP contribution in [0.25, 0.3) is 0 Å². The summed E-state index contributed by atoms with van der Waals surface area (Å²) in [6, 6.07) is 0. The Labute approximate surface area is 162 Å². The van der Waals surface area contributed by atoms with Crippen LogP contribution in [0.15, 0.2) is 0 Å². The van der Waals surface area contributed by atoms with Crippen molar-refractivity contribution in [3.8, 4) is 0 Å². The summed E-state index contributed by atoms with van der Waals surface area (Å²) in [5, 5.41) is 0. The minimum atomic E-state index is -4.26. The van der Waals surface area contributed by atoms with Crippen LogP contribution in [-0.4, -0.2) is 22.9 Å². The normalized spacial score (nSPS) is 12.8. The molecule has 0 saturated heterocycles. The molecule has 0 aromatic rings. The van der Waals surface area contributed by atoms with Crippen LogP contribution in [0.2, 0.25) is 0 Å². The van der Waals surface area contributed by atoms with Gasteiger partial charge in [0.15, 0.2) is 0 Å². The van der Waals surface area contributed by atoms with Crippen molar-refractivity contribution in [1.82, 2.24) is 0 Å². The fourth-order valence-electron chi connectivity index (χ4n) is 2.93. The molecular weight excluding hydrogens is 349 g/mol. The Morgan fingerprint density at radius 2 is 1.23 bits per heavy atom. The van der Waals surface area contributed by atoms with Crippen molar-refractivity contribution in [2.45, 2.75) is 105 Å². The average Bonchev–Trinajstić information content (AvgIpc) is 2.61. The fourth-order valence-corrected chi connectivity index (χ4v) is 3.33. The average molecular weight is 396 g/mol. The number of hydrogen-bond acceptors (Lipinski definition) is 3. The van der Waals surface area contributed by atoms with Gasteiger partial charge in [0.05, 0.1) is 6.61 Å². The van der Waals surface area contributed by atoms with Crippen LogP contribution >= 0.6 is 7.82 Å². The molecule has 0 rings (SSSR count). The standard InChI is InChI=1S/C12H27N.C8H19O4P/c1-3-5-8-12(9-6-4-2)10-7-11-13;1-3-5-6-8(4-2)7-12-13(9,10)11/h12H,3-11,13H2,1-2H3;8H,3-7H2,1-2H3,(H2,9,10,11). The molecule has 0 saturated carbocycles. The van der Waals surface area contributed by atoms with E-state index in [1.165, 1.54) is 51.4 Å². The number of phosphoric acid groups is 1. The monoisotopic (exact) mass is 395 g/mol. The highest BCUT2D eigenvalue weighted by Gasteiger charge is 2.16. The molecule has 6 heteroatoms. The largest absolute Gasteiger partial charge is 0.469 e. The van der Waals surface area contributed by atoms with Crippen LogP contribution in [0.1, 0.15) is 105 Å². The second-order valence-corrected chi connectivity index (χ2v) is 8.52. The molecule has 0 aromatic carbocycles. The summed E-state index contributed by atoms with van der Waals surface area (Å²) in [6.45, 7) is 9.69. The molecule has 1 atom stereocenters. The van der Waals surface area contributed by atoms with Crippen molar-refractivity contribution in [3.05, 3.63) is 0 Å². The predicted molar refractivity (Wildman–Crippen MR) is 112 cm³/mol. The Bertz CT molecular complexity index is 304. The zero-order valence-electron chi connectivity index (χ0n) is 17.8.